The number of fused-ring (bicyclic) bond motifs is 1. The molecule has 2 N–H and O–H groups in total. The van der Waals surface area contributed by atoms with Crippen molar-refractivity contribution in [2.75, 3.05) is 18.4 Å². The molecule has 1 atom stereocenters. The summed E-state index contributed by atoms with van der Waals surface area (Å²) < 4.78 is 12.4. The maximum atomic E-state index is 13.5. The van der Waals surface area contributed by atoms with Gasteiger partial charge < -0.3 is 25.0 Å². The molecular formula is C33H34N4O4. The summed E-state index contributed by atoms with van der Waals surface area (Å²) in [5.41, 5.74) is 2.48. The molecule has 0 saturated heterocycles. The third-order valence-corrected chi connectivity index (χ3v) is 6.90. The van der Waals surface area contributed by atoms with Gasteiger partial charge in [-0.3, -0.25) is 14.6 Å². The second-order valence-corrected chi connectivity index (χ2v) is 10.2. The number of nitrogens with zero attached hydrogens (tertiary/aromatic N) is 2. The zero-order valence-electron chi connectivity index (χ0n) is 23.2. The molecule has 210 valence electrons. The lowest BCUT2D eigenvalue weighted by Gasteiger charge is -2.33. The van der Waals surface area contributed by atoms with Gasteiger partial charge in [0.2, 0.25) is 0 Å². The summed E-state index contributed by atoms with van der Waals surface area (Å²) in [7, 11) is 0. The number of aromatic nitrogens is 1. The van der Waals surface area contributed by atoms with E-state index in [1.807, 2.05) is 73.3 Å². The third-order valence-electron chi connectivity index (χ3n) is 6.90. The van der Waals surface area contributed by atoms with Crippen molar-refractivity contribution in [3.63, 3.8) is 0 Å². The van der Waals surface area contributed by atoms with E-state index in [0.29, 0.717) is 48.6 Å². The van der Waals surface area contributed by atoms with Crippen LogP contribution in [0.4, 0.5) is 5.69 Å². The number of hydrogen-bond donors (Lipinski definition) is 2. The van der Waals surface area contributed by atoms with E-state index in [1.165, 1.54) is 0 Å². The Morgan fingerprint density at radius 3 is 2.44 bits per heavy atom. The molecule has 0 bridgehead atoms. The maximum absolute atomic E-state index is 13.5. The molecule has 0 fully saturated rings. The molecule has 1 aliphatic rings. The van der Waals surface area contributed by atoms with Crippen LogP contribution in [0.15, 0.2) is 97.3 Å². The average Bonchev–Trinajstić information content (AvgIpc) is 2.98. The summed E-state index contributed by atoms with van der Waals surface area (Å²) >= 11 is 0. The highest BCUT2D eigenvalue weighted by Crippen LogP contribution is 2.34. The van der Waals surface area contributed by atoms with E-state index < -0.39 is 0 Å². The average molecular weight is 551 g/mol. The fraction of sp³-hybridized carbons (Fsp3) is 0.242. The molecule has 3 aromatic carbocycles. The van der Waals surface area contributed by atoms with Crippen molar-refractivity contribution < 1.29 is 19.1 Å². The van der Waals surface area contributed by atoms with Crippen LogP contribution >= 0.6 is 0 Å². The molecule has 2 amide bonds. The van der Waals surface area contributed by atoms with Gasteiger partial charge in [-0.25, -0.2) is 0 Å². The molecule has 0 saturated carbocycles. The van der Waals surface area contributed by atoms with Crippen LogP contribution in [0.5, 0.6) is 17.2 Å². The van der Waals surface area contributed by atoms with Crippen LogP contribution in [0, 0.1) is 0 Å². The lowest BCUT2D eigenvalue weighted by Crippen LogP contribution is -2.43. The fourth-order valence-electron chi connectivity index (χ4n) is 4.71. The smallest absolute Gasteiger partial charge is 0.257 e. The van der Waals surface area contributed by atoms with Gasteiger partial charge in [0.05, 0.1) is 11.3 Å². The van der Waals surface area contributed by atoms with Crippen LogP contribution in [0.2, 0.25) is 0 Å². The molecule has 0 spiro atoms. The molecule has 4 aromatic rings. The number of carbonyl (C=O) groups excluding carboxylic acids is 2. The SMILES string of the molecule is CC(C)N1CC[C@@H](CNCc2ccc(Oc3ccccc3)cc2)Oc2c(NC(=O)c3ccncc3)cccc2C1=O. The Balaban J connectivity index is 1.28. The summed E-state index contributed by atoms with van der Waals surface area (Å²) in [5.74, 6) is 1.55. The number of rotatable bonds is 9. The van der Waals surface area contributed by atoms with Gasteiger partial charge in [0, 0.05) is 50.1 Å². The molecule has 2 heterocycles. The van der Waals surface area contributed by atoms with Crippen molar-refractivity contribution in [1.82, 2.24) is 15.2 Å². The number of amides is 2. The van der Waals surface area contributed by atoms with Crippen molar-refractivity contribution in [1.29, 1.82) is 0 Å². The third kappa shape index (κ3) is 7.10. The van der Waals surface area contributed by atoms with Gasteiger partial charge in [0.1, 0.15) is 17.6 Å². The predicted molar refractivity (Wildman–Crippen MR) is 159 cm³/mol. The highest BCUT2D eigenvalue weighted by Gasteiger charge is 2.29. The summed E-state index contributed by atoms with van der Waals surface area (Å²) in [6, 6.07) is 26.2. The van der Waals surface area contributed by atoms with Crippen molar-refractivity contribution in [3.8, 4) is 17.2 Å². The normalized spacial score (nSPS) is 15.0. The first-order valence-corrected chi connectivity index (χ1v) is 13.8. The lowest BCUT2D eigenvalue weighted by molar-refractivity contribution is 0.0628. The van der Waals surface area contributed by atoms with Crippen molar-refractivity contribution in [3.05, 3.63) is 114 Å². The molecule has 41 heavy (non-hydrogen) atoms. The van der Waals surface area contributed by atoms with Gasteiger partial charge in [-0.05, 0) is 67.9 Å². The molecule has 8 nitrogen and oxygen atoms in total. The van der Waals surface area contributed by atoms with Gasteiger partial charge >= 0.3 is 0 Å². The van der Waals surface area contributed by atoms with Crippen LogP contribution < -0.4 is 20.1 Å². The van der Waals surface area contributed by atoms with E-state index in [9.17, 15) is 9.59 Å². The minimum atomic E-state index is -0.297. The minimum absolute atomic E-state index is 0.0220. The van der Waals surface area contributed by atoms with Crippen molar-refractivity contribution in [2.45, 2.75) is 39.0 Å². The van der Waals surface area contributed by atoms with E-state index in [-0.39, 0.29) is 24.0 Å². The zero-order chi connectivity index (χ0) is 28.6. The zero-order valence-corrected chi connectivity index (χ0v) is 23.2. The second kappa shape index (κ2) is 13.1. The number of ether oxygens (including phenoxy) is 2. The van der Waals surface area contributed by atoms with E-state index in [4.69, 9.17) is 9.47 Å². The topological polar surface area (TPSA) is 92.8 Å². The first kappa shape index (κ1) is 27.9. The summed E-state index contributed by atoms with van der Waals surface area (Å²) in [6.45, 7) is 5.79. The minimum Gasteiger partial charge on any atom is -0.486 e. The maximum Gasteiger partial charge on any atom is 0.257 e. The Bertz CT molecular complexity index is 1460. The Morgan fingerprint density at radius 1 is 0.976 bits per heavy atom. The van der Waals surface area contributed by atoms with Crippen molar-refractivity contribution in [2.24, 2.45) is 0 Å². The standard InChI is InChI=1S/C33H34N4O4/c1-23(2)37-20-17-28(22-35-21-24-11-13-27(14-12-24)40-26-7-4-3-5-8-26)41-31-29(33(37)39)9-6-10-30(31)36-32(38)25-15-18-34-19-16-25/h3-16,18-19,23,28,35H,17,20-22H2,1-2H3,(H,36,38)/t28-/m0/s1. The van der Waals surface area contributed by atoms with Gasteiger partial charge in [-0.1, -0.05) is 36.4 Å². The number of para-hydroxylation sites is 2. The number of pyridine rings is 1. The molecule has 1 aliphatic heterocycles. The molecule has 0 radical (unpaired) electrons. The van der Waals surface area contributed by atoms with Crippen LogP contribution in [-0.4, -0.2) is 46.9 Å². The molecule has 0 aliphatic carbocycles. The van der Waals surface area contributed by atoms with E-state index in [0.717, 1.165) is 17.1 Å². The number of nitrogens with one attached hydrogen (secondary N) is 2. The highest BCUT2D eigenvalue weighted by molar-refractivity contribution is 6.07. The van der Waals surface area contributed by atoms with Crippen LogP contribution in [0.25, 0.3) is 0 Å². The molecule has 8 heteroatoms. The molecule has 5 rings (SSSR count). The Hall–Kier alpha value is -4.69. The van der Waals surface area contributed by atoms with Crippen LogP contribution in [0.3, 0.4) is 0 Å². The van der Waals surface area contributed by atoms with E-state index in [2.05, 4.69) is 15.6 Å². The Labute approximate surface area is 240 Å². The number of hydrogen-bond acceptors (Lipinski definition) is 6. The lowest BCUT2D eigenvalue weighted by atomic mass is 10.1. The Morgan fingerprint density at radius 2 is 1.71 bits per heavy atom. The van der Waals surface area contributed by atoms with Crippen LogP contribution in [0.1, 0.15) is 46.5 Å². The number of anilines is 1. The Kier molecular flexibility index (Phi) is 8.91. The first-order valence-electron chi connectivity index (χ1n) is 13.8. The summed E-state index contributed by atoms with van der Waals surface area (Å²) in [6.07, 6.45) is 3.56. The number of benzene rings is 3. The van der Waals surface area contributed by atoms with Gasteiger partial charge in [0.25, 0.3) is 11.8 Å². The number of carbonyl (C=O) groups is 2. The highest BCUT2D eigenvalue weighted by atomic mass is 16.5. The van der Waals surface area contributed by atoms with E-state index in [1.54, 1.807) is 42.7 Å². The van der Waals surface area contributed by atoms with E-state index >= 15 is 0 Å². The predicted octanol–water partition coefficient (Wildman–Crippen LogP) is 5.92. The quantitative estimate of drug-likeness (QED) is 0.269. The monoisotopic (exact) mass is 550 g/mol. The first-order chi connectivity index (χ1) is 20.0. The fourth-order valence-corrected chi connectivity index (χ4v) is 4.71. The van der Waals surface area contributed by atoms with Gasteiger partial charge in [-0.15, -0.1) is 0 Å². The van der Waals surface area contributed by atoms with Gasteiger partial charge in [-0.2, -0.15) is 0 Å². The van der Waals surface area contributed by atoms with Crippen LogP contribution in [-0.2, 0) is 6.54 Å². The largest absolute Gasteiger partial charge is 0.486 e. The molecule has 1 aromatic heterocycles. The molecular weight excluding hydrogens is 516 g/mol. The van der Waals surface area contributed by atoms with Gasteiger partial charge in [0.15, 0.2) is 5.75 Å². The second-order valence-electron chi connectivity index (χ2n) is 10.2. The molecule has 0 unspecified atom stereocenters. The summed E-state index contributed by atoms with van der Waals surface area (Å²) in [5, 5.41) is 6.43. The summed E-state index contributed by atoms with van der Waals surface area (Å²) in [4.78, 5) is 32.3. The van der Waals surface area contributed by atoms with Crippen molar-refractivity contribution >= 4 is 17.5 Å².